The lowest BCUT2D eigenvalue weighted by molar-refractivity contribution is -0.124. The monoisotopic (exact) mass is 364 g/mol. The van der Waals surface area contributed by atoms with Gasteiger partial charge >= 0.3 is 0 Å². The number of hydrogen-bond acceptors (Lipinski definition) is 2. The fraction of sp³-hybridized carbons (Fsp3) is 0.562. The van der Waals surface area contributed by atoms with Crippen molar-refractivity contribution in [3.05, 3.63) is 33.8 Å². The van der Waals surface area contributed by atoms with E-state index in [1.54, 1.807) is 6.07 Å². The third-order valence-electron chi connectivity index (χ3n) is 4.64. The third kappa shape index (κ3) is 3.88. The van der Waals surface area contributed by atoms with Crippen LogP contribution in [0.1, 0.15) is 44.6 Å². The quantitative estimate of drug-likeness (QED) is 0.795. The molecule has 3 N–H and O–H groups in total. The van der Waals surface area contributed by atoms with E-state index in [2.05, 4.69) is 19.2 Å². The number of hydrogen-bond donors (Lipinski definition) is 2. The van der Waals surface area contributed by atoms with Crippen molar-refractivity contribution in [3.63, 3.8) is 0 Å². The standard InChI is InChI=1S/C16H22Cl2N2O.ClH/c1-3-16(4-2,9-19)20-15(21)12-8-11(12)10-6-5-7-13(17)14(10)18;/h5-7,11-12H,3-4,8-9,19H2,1-2H3,(H,20,21);1H. The van der Waals surface area contributed by atoms with Crippen LogP contribution in [0.3, 0.4) is 0 Å². The molecule has 0 bridgehead atoms. The van der Waals surface area contributed by atoms with Gasteiger partial charge in [0.05, 0.1) is 15.6 Å². The van der Waals surface area contributed by atoms with Crippen LogP contribution < -0.4 is 11.1 Å². The van der Waals surface area contributed by atoms with E-state index in [0.29, 0.717) is 16.6 Å². The molecule has 3 nitrogen and oxygen atoms in total. The molecule has 0 aromatic heterocycles. The molecule has 1 fully saturated rings. The minimum absolute atomic E-state index is 0. The Balaban J connectivity index is 0.00000242. The van der Waals surface area contributed by atoms with Gasteiger partial charge in [0.25, 0.3) is 0 Å². The molecule has 1 saturated carbocycles. The normalized spacial score (nSPS) is 20.2. The van der Waals surface area contributed by atoms with Gasteiger partial charge in [0.2, 0.25) is 5.91 Å². The van der Waals surface area contributed by atoms with Gasteiger partial charge in [0.1, 0.15) is 0 Å². The Kier molecular flexibility index (Phi) is 7.00. The zero-order valence-electron chi connectivity index (χ0n) is 12.9. The van der Waals surface area contributed by atoms with Crippen molar-refractivity contribution >= 4 is 41.5 Å². The number of halogens is 3. The van der Waals surface area contributed by atoms with Crippen LogP contribution in [0.4, 0.5) is 0 Å². The highest BCUT2D eigenvalue weighted by Gasteiger charge is 2.46. The van der Waals surface area contributed by atoms with Gasteiger partial charge < -0.3 is 11.1 Å². The van der Waals surface area contributed by atoms with Crippen LogP contribution >= 0.6 is 35.6 Å². The van der Waals surface area contributed by atoms with Crippen molar-refractivity contribution in [2.24, 2.45) is 11.7 Å². The van der Waals surface area contributed by atoms with Gasteiger partial charge in [-0.1, -0.05) is 49.2 Å². The highest BCUT2D eigenvalue weighted by Crippen LogP contribution is 2.50. The van der Waals surface area contributed by atoms with Gasteiger partial charge in [0, 0.05) is 12.5 Å². The van der Waals surface area contributed by atoms with Crippen LogP contribution in [0.25, 0.3) is 0 Å². The molecule has 22 heavy (non-hydrogen) atoms. The SMILES string of the molecule is CCC(CC)(CN)NC(=O)C1CC1c1cccc(Cl)c1Cl.Cl. The van der Waals surface area contributed by atoms with Crippen molar-refractivity contribution in [1.82, 2.24) is 5.32 Å². The first-order valence-corrected chi connectivity index (χ1v) is 8.19. The highest BCUT2D eigenvalue weighted by molar-refractivity contribution is 6.42. The Morgan fingerprint density at radius 2 is 2.00 bits per heavy atom. The summed E-state index contributed by atoms with van der Waals surface area (Å²) in [6.07, 6.45) is 2.49. The maximum absolute atomic E-state index is 12.4. The molecule has 0 heterocycles. The maximum atomic E-state index is 12.4. The lowest BCUT2D eigenvalue weighted by Crippen LogP contribution is -2.53. The third-order valence-corrected chi connectivity index (χ3v) is 5.47. The molecule has 1 aliphatic carbocycles. The number of nitrogens with one attached hydrogen (secondary N) is 1. The molecule has 1 amide bonds. The highest BCUT2D eigenvalue weighted by atomic mass is 35.5. The topological polar surface area (TPSA) is 55.1 Å². The molecule has 1 aromatic rings. The van der Waals surface area contributed by atoms with E-state index >= 15 is 0 Å². The molecule has 0 saturated heterocycles. The summed E-state index contributed by atoms with van der Waals surface area (Å²) < 4.78 is 0. The van der Waals surface area contributed by atoms with E-state index < -0.39 is 0 Å². The van der Waals surface area contributed by atoms with Crippen molar-refractivity contribution < 1.29 is 4.79 Å². The van der Waals surface area contributed by atoms with Crippen molar-refractivity contribution in [2.45, 2.75) is 44.6 Å². The minimum atomic E-state index is -0.289. The molecule has 2 rings (SSSR count). The smallest absolute Gasteiger partial charge is 0.224 e. The number of benzene rings is 1. The maximum Gasteiger partial charge on any atom is 0.224 e. The zero-order valence-corrected chi connectivity index (χ0v) is 15.2. The van der Waals surface area contributed by atoms with Crippen molar-refractivity contribution in [1.29, 1.82) is 0 Å². The van der Waals surface area contributed by atoms with Crippen LogP contribution in [-0.4, -0.2) is 18.0 Å². The second-order valence-electron chi connectivity index (χ2n) is 5.77. The molecule has 0 spiro atoms. The lowest BCUT2D eigenvalue weighted by Gasteiger charge is -2.31. The van der Waals surface area contributed by atoms with E-state index in [-0.39, 0.29) is 35.7 Å². The van der Waals surface area contributed by atoms with Gasteiger partial charge in [-0.25, -0.2) is 0 Å². The summed E-state index contributed by atoms with van der Waals surface area (Å²) in [5, 5.41) is 4.24. The molecule has 2 unspecified atom stereocenters. The van der Waals surface area contributed by atoms with Crippen molar-refractivity contribution in [3.8, 4) is 0 Å². The van der Waals surface area contributed by atoms with E-state index in [9.17, 15) is 4.79 Å². The van der Waals surface area contributed by atoms with Crippen molar-refractivity contribution in [2.75, 3.05) is 6.54 Å². The zero-order chi connectivity index (χ0) is 15.6. The first-order valence-electron chi connectivity index (χ1n) is 7.44. The molecular weight excluding hydrogens is 343 g/mol. The summed E-state index contributed by atoms with van der Waals surface area (Å²) in [5.41, 5.74) is 6.51. The van der Waals surface area contributed by atoms with Gasteiger partial charge in [-0.2, -0.15) is 0 Å². The Bertz CT molecular complexity index is 524. The molecule has 0 radical (unpaired) electrons. The van der Waals surface area contributed by atoms with Gasteiger partial charge in [-0.15, -0.1) is 12.4 Å². The molecule has 2 atom stereocenters. The van der Waals surface area contributed by atoms with E-state index in [0.717, 1.165) is 24.8 Å². The Labute approximate surface area is 148 Å². The summed E-state index contributed by atoms with van der Waals surface area (Å²) in [6, 6.07) is 5.58. The van der Waals surface area contributed by atoms with Gasteiger partial charge in [-0.3, -0.25) is 4.79 Å². The fourth-order valence-corrected chi connectivity index (χ4v) is 3.20. The van der Waals surface area contributed by atoms with Crippen LogP contribution in [0.15, 0.2) is 18.2 Å². The van der Waals surface area contributed by atoms with E-state index in [4.69, 9.17) is 28.9 Å². The summed E-state index contributed by atoms with van der Waals surface area (Å²) in [6.45, 7) is 4.56. The predicted molar refractivity (Wildman–Crippen MR) is 95.1 cm³/mol. The van der Waals surface area contributed by atoms with Gasteiger partial charge in [0.15, 0.2) is 0 Å². The Morgan fingerprint density at radius 3 is 2.55 bits per heavy atom. The molecular formula is C16H23Cl3N2O. The second-order valence-corrected chi connectivity index (χ2v) is 6.56. The largest absolute Gasteiger partial charge is 0.349 e. The number of amides is 1. The average Bonchev–Trinajstić information content (AvgIpc) is 3.28. The number of nitrogens with two attached hydrogens (primary N) is 1. The first-order chi connectivity index (χ1) is 9.98. The molecule has 0 aliphatic heterocycles. The predicted octanol–water partition coefficient (Wildman–Crippen LogP) is 4.15. The average molecular weight is 366 g/mol. The summed E-state index contributed by atoms with van der Waals surface area (Å²) >= 11 is 12.3. The Hall–Kier alpha value is -0.480. The molecule has 1 aliphatic rings. The number of rotatable bonds is 6. The molecule has 124 valence electrons. The van der Waals surface area contributed by atoms with Crippen LogP contribution in [0, 0.1) is 5.92 Å². The van der Waals surface area contributed by atoms with Gasteiger partial charge in [-0.05, 0) is 36.8 Å². The first kappa shape index (κ1) is 19.6. The minimum Gasteiger partial charge on any atom is -0.349 e. The number of carbonyl (C=O) groups excluding carboxylic acids is 1. The molecule has 1 aromatic carbocycles. The Morgan fingerprint density at radius 1 is 1.36 bits per heavy atom. The summed E-state index contributed by atoms with van der Waals surface area (Å²) in [7, 11) is 0. The van der Waals surface area contributed by atoms with E-state index in [1.165, 1.54) is 0 Å². The molecule has 6 heteroatoms. The van der Waals surface area contributed by atoms with Crippen LogP contribution in [0.5, 0.6) is 0 Å². The van der Waals surface area contributed by atoms with E-state index in [1.807, 2.05) is 12.1 Å². The summed E-state index contributed by atoms with van der Waals surface area (Å²) in [5.74, 6) is 0.218. The van der Waals surface area contributed by atoms with Crippen LogP contribution in [-0.2, 0) is 4.79 Å². The lowest BCUT2D eigenvalue weighted by atomic mass is 9.92. The number of carbonyl (C=O) groups is 1. The summed E-state index contributed by atoms with van der Waals surface area (Å²) in [4.78, 5) is 12.4. The fourth-order valence-electron chi connectivity index (χ4n) is 2.76. The second kappa shape index (κ2) is 7.87. The van der Waals surface area contributed by atoms with Crippen LogP contribution in [0.2, 0.25) is 10.0 Å².